The van der Waals surface area contributed by atoms with Crippen LogP contribution in [0.15, 0.2) is 71.8 Å². The van der Waals surface area contributed by atoms with Gasteiger partial charge in [0.25, 0.3) is 5.56 Å². The number of hydrogen-bond donors (Lipinski definition) is 1. The Labute approximate surface area is 188 Å². The average Bonchev–Trinajstić information content (AvgIpc) is 3.16. The van der Waals surface area contributed by atoms with E-state index in [1.807, 2.05) is 74.5 Å². The zero-order valence-corrected chi connectivity index (χ0v) is 18.4. The lowest BCUT2D eigenvalue weighted by Gasteiger charge is -2.09. The molecule has 0 saturated carbocycles. The predicted octanol–water partition coefficient (Wildman–Crippen LogP) is 4.93. The summed E-state index contributed by atoms with van der Waals surface area (Å²) < 4.78 is 1.85. The molecule has 0 radical (unpaired) electrons. The summed E-state index contributed by atoms with van der Waals surface area (Å²) in [5, 5.41) is 3.73. The Hall–Kier alpha value is -3.84. The number of rotatable bonds is 4. The van der Waals surface area contributed by atoms with E-state index < -0.39 is 0 Å². The van der Waals surface area contributed by atoms with Crippen LogP contribution in [0.5, 0.6) is 0 Å². The van der Waals surface area contributed by atoms with Crippen molar-refractivity contribution in [3.8, 4) is 11.1 Å². The number of thiophene rings is 1. The molecule has 5 rings (SSSR count). The molecule has 5 aromatic rings. The third-order valence-electron chi connectivity index (χ3n) is 5.36. The molecule has 0 fully saturated rings. The summed E-state index contributed by atoms with van der Waals surface area (Å²) in [6, 6.07) is 19.6. The Bertz CT molecular complexity index is 1540. The highest BCUT2D eigenvalue weighted by atomic mass is 32.1. The summed E-state index contributed by atoms with van der Waals surface area (Å²) in [5.41, 5.74) is 5.00. The number of aromatic nitrogens is 3. The number of aryl methyl sites for hydroxylation is 2. The molecule has 0 saturated heterocycles. The standard InChI is InChI=1S/C25H20N4O2S/c1-15-8-6-7-11-19(15)28-20(30)13-29-14-26-22-21-18(17-9-4-3-5-10-17)12-16(2)27-24(21)32-23(22)25(29)31/h3-12,14H,13H2,1-2H3,(H,28,30). The van der Waals surface area contributed by atoms with E-state index in [9.17, 15) is 9.59 Å². The molecule has 0 unspecified atom stereocenters. The van der Waals surface area contributed by atoms with Gasteiger partial charge in [-0.1, -0.05) is 48.5 Å². The molecule has 0 spiro atoms. The van der Waals surface area contributed by atoms with Gasteiger partial charge in [0.2, 0.25) is 5.91 Å². The number of amides is 1. The van der Waals surface area contributed by atoms with E-state index in [2.05, 4.69) is 15.3 Å². The molecule has 158 valence electrons. The van der Waals surface area contributed by atoms with Gasteiger partial charge in [-0.2, -0.15) is 0 Å². The van der Waals surface area contributed by atoms with E-state index in [1.165, 1.54) is 22.2 Å². The first kappa shape index (κ1) is 20.1. The minimum atomic E-state index is -0.275. The van der Waals surface area contributed by atoms with Crippen molar-refractivity contribution in [2.45, 2.75) is 20.4 Å². The SMILES string of the molecule is Cc1cc(-c2ccccc2)c2c(n1)sc1c(=O)n(CC(=O)Nc3ccccc3C)cnc12. The number of para-hydroxylation sites is 1. The van der Waals surface area contributed by atoms with Crippen molar-refractivity contribution in [2.24, 2.45) is 0 Å². The lowest BCUT2D eigenvalue weighted by atomic mass is 10.0. The van der Waals surface area contributed by atoms with E-state index in [0.29, 0.717) is 10.2 Å². The summed E-state index contributed by atoms with van der Waals surface area (Å²) in [4.78, 5) is 35.8. The van der Waals surface area contributed by atoms with Crippen LogP contribution in [-0.4, -0.2) is 20.4 Å². The minimum absolute atomic E-state index is 0.109. The van der Waals surface area contributed by atoms with E-state index in [-0.39, 0.29) is 18.0 Å². The lowest BCUT2D eigenvalue weighted by Crippen LogP contribution is -2.27. The summed E-state index contributed by atoms with van der Waals surface area (Å²) in [6.07, 6.45) is 1.45. The number of benzene rings is 2. The molecule has 0 bridgehead atoms. The Morgan fingerprint density at radius 1 is 1.06 bits per heavy atom. The van der Waals surface area contributed by atoms with Gasteiger partial charge < -0.3 is 5.32 Å². The second-order valence-electron chi connectivity index (χ2n) is 7.68. The van der Waals surface area contributed by atoms with E-state index in [4.69, 9.17) is 0 Å². The van der Waals surface area contributed by atoms with E-state index in [1.54, 1.807) is 0 Å². The van der Waals surface area contributed by atoms with Crippen LogP contribution in [0, 0.1) is 13.8 Å². The fourth-order valence-corrected chi connectivity index (χ4v) is 4.95. The predicted molar refractivity (Wildman–Crippen MR) is 129 cm³/mol. The van der Waals surface area contributed by atoms with Crippen molar-refractivity contribution in [1.82, 2.24) is 14.5 Å². The van der Waals surface area contributed by atoms with Crippen LogP contribution in [0.2, 0.25) is 0 Å². The average molecular weight is 441 g/mol. The molecule has 3 aromatic heterocycles. The second-order valence-corrected chi connectivity index (χ2v) is 8.68. The highest BCUT2D eigenvalue weighted by molar-refractivity contribution is 7.25. The van der Waals surface area contributed by atoms with Crippen LogP contribution < -0.4 is 10.9 Å². The topological polar surface area (TPSA) is 76.9 Å². The lowest BCUT2D eigenvalue weighted by molar-refractivity contribution is -0.116. The molecule has 1 N–H and O–H groups in total. The van der Waals surface area contributed by atoms with Crippen molar-refractivity contribution in [1.29, 1.82) is 0 Å². The number of fused-ring (bicyclic) bond motifs is 3. The van der Waals surface area contributed by atoms with Gasteiger partial charge in [-0.25, -0.2) is 9.97 Å². The van der Waals surface area contributed by atoms with Crippen molar-refractivity contribution in [2.75, 3.05) is 5.32 Å². The number of nitrogens with zero attached hydrogens (tertiary/aromatic N) is 3. The molecule has 7 heteroatoms. The van der Waals surface area contributed by atoms with Crippen LogP contribution in [-0.2, 0) is 11.3 Å². The zero-order chi connectivity index (χ0) is 22.2. The molecule has 1 amide bonds. The molecule has 32 heavy (non-hydrogen) atoms. The third-order valence-corrected chi connectivity index (χ3v) is 6.43. The summed E-state index contributed by atoms with van der Waals surface area (Å²) in [5.74, 6) is -0.275. The van der Waals surface area contributed by atoms with Gasteiger partial charge in [0.1, 0.15) is 16.1 Å². The Morgan fingerprint density at radius 2 is 1.81 bits per heavy atom. The van der Waals surface area contributed by atoms with Gasteiger partial charge in [0, 0.05) is 16.8 Å². The number of pyridine rings is 1. The molecular formula is C25H20N4O2S. The number of nitrogens with one attached hydrogen (secondary N) is 1. The molecule has 0 aliphatic rings. The van der Waals surface area contributed by atoms with Gasteiger partial charge in [0.15, 0.2) is 0 Å². The maximum Gasteiger partial charge on any atom is 0.271 e. The number of carbonyl (C=O) groups excluding carboxylic acids is 1. The monoisotopic (exact) mass is 440 g/mol. The summed E-state index contributed by atoms with van der Waals surface area (Å²) in [6.45, 7) is 3.76. The number of carbonyl (C=O) groups is 1. The molecule has 2 aromatic carbocycles. The molecule has 6 nitrogen and oxygen atoms in total. The zero-order valence-electron chi connectivity index (χ0n) is 17.6. The number of anilines is 1. The summed E-state index contributed by atoms with van der Waals surface area (Å²) in [7, 11) is 0. The van der Waals surface area contributed by atoms with Crippen LogP contribution >= 0.6 is 11.3 Å². The van der Waals surface area contributed by atoms with Gasteiger partial charge in [-0.3, -0.25) is 14.2 Å². The van der Waals surface area contributed by atoms with Crippen LogP contribution in [0.3, 0.4) is 0 Å². The minimum Gasteiger partial charge on any atom is -0.324 e. The third kappa shape index (κ3) is 3.56. The Balaban J connectivity index is 1.57. The quantitative estimate of drug-likeness (QED) is 0.430. The summed E-state index contributed by atoms with van der Waals surface area (Å²) >= 11 is 1.32. The molecular weight excluding hydrogens is 420 g/mol. The molecule has 0 aliphatic carbocycles. The van der Waals surface area contributed by atoms with Crippen molar-refractivity contribution in [3.63, 3.8) is 0 Å². The first-order chi connectivity index (χ1) is 15.5. The Kier molecular flexibility index (Phi) is 5.03. The van der Waals surface area contributed by atoms with Crippen LogP contribution in [0.1, 0.15) is 11.3 Å². The fraction of sp³-hybridized carbons (Fsp3) is 0.120. The molecule has 0 aliphatic heterocycles. The van der Waals surface area contributed by atoms with Crippen LogP contribution in [0.25, 0.3) is 31.6 Å². The Morgan fingerprint density at radius 3 is 2.59 bits per heavy atom. The molecule has 0 atom stereocenters. The highest BCUT2D eigenvalue weighted by Gasteiger charge is 2.18. The largest absolute Gasteiger partial charge is 0.324 e. The van der Waals surface area contributed by atoms with Gasteiger partial charge in [0.05, 0.1) is 11.8 Å². The molecule has 3 heterocycles. The maximum atomic E-state index is 13.2. The van der Waals surface area contributed by atoms with E-state index in [0.717, 1.165) is 38.3 Å². The second kappa shape index (κ2) is 8.01. The van der Waals surface area contributed by atoms with Crippen molar-refractivity contribution < 1.29 is 4.79 Å². The van der Waals surface area contributed by atoms with Gasteiger partial charge >= 0.3 is 0 Å². The van der Waals surface area contributed by atoms with Gasteiger partial charge in [-0.15, -0.1) is 11.3 Å². The van der Waals surface area contributed by atoms with Crippen molar-refractivity contribution in [3.05, 3.63) is 88.6 Å². The van der Waals surface area contributed by atoms with Crippen molar-refractivity contribution >= 4 is 43.4 Å². The maximum absolute atomic E-state index is 13.2. The van der Waals surface area contributed by atoms with Crippen LogP contribution in [0.4, 0.5) is 5.69 Å². The normalized spacial score (nSPS) is 11.2. The first-order valence-electron chi connectivity index (χ1n) is 10.2. The highest BCUT2D eigenvalue weighted by Crippen LogP contribution is 2.37. The fourth-order valence-electron chi connectivity index (χ4n) is 3.80. The van der Waals surface area contributed by atoms with E-state index >= 15 is 0 Å². The first-order valence-corrected chi connectivity index (χ1v) is 11.0. The van der Waals surface area contributed by atoms with Gasteiger partial charge in [-0.05, 0) is 42.7 Å². The smallest absolute Gasteiger partial charge is 0.271 e. The number of hydrogen-bond acceptors (Lipinski definition) is 5.